The topological polar surface area (TPSA) is 57.6 Å². The van der Waals surface area contributed by atoms with E-state index >= 15 is 0 Å². The Morgan fingerprint density at radius 1 is 1.43 bits per heavy atom. The van der Waals surface area contributed by atoms with Crippen molar-refractivity contribution in [3.63, 3.8) is 0 Å². The average molecular weight is 325 g/mol. The van der Waals surface area contributed by atoms with Crippen LogP contribution in [0.3, 0.4) is 0 Å². The predicted molar refractivity (Wildman–Crippen MR) is 85.0 cm³/mol. The second kappa shape index (κ2) is 6.01. The Balaban J connectivity index is 1.73. The normalized spacial score (nSPS) is 25.5. The molecule has 0 bridgehead atoms. The number of fused-ring (bicyclic) bond motifs is 1. The van der Waals surface area contributed by atoms with Crippen molar-refractivity contribution in [3.8, 4) is 0 Å². The van der Waals surface area contributed by atoms with Crippen LogP contribution in [0.25, 0.3) is 0 Å². The Bertz CT molecular complexity index is 546. The van der Waals surface area contributed by atoms with E-state index in [1.54, 1.807) is 11.3 Å². The SMILES string of the molecule is CC1CC(C(=O)O)CCN1C(=O)c1cc2c(s1)CCSC2. The molecule has 3 heterocycles. The smallest absolute Gasteiger partial charge is 0.306 e. The first kappa shape index (κ1) is 14.9. The van der Waals surface area contributed by atoms with Gasteiger partial charge in [0.15, 0.2) is 0 Å². The number of nitrogens with zero attached hydrogens (tertiary/aromatic N) is 1. The highest BCUT2D eigenvalue weighted by Crippen LogP contribution is 2.33. The molecular weight excluding hydrogens is 306 g/mol. The first-order valence-corrected chi connectivity index (χ1v) is 9.26. The van der Waals surface area contributed by atoms with Crippen molar-refractivity contribution >= 4 is 35.0 Å². The summed E-state index contributed by atoms with van der Waals surface area (Å²) in [6, 6.07) is 2.05. The van der Waals surface area contributed by atoms with Crippen LogP contribution in [-0.2, 0) is 17.0 Å². The fraction of sp³-hybridized carbons (Fsp3) is 0.600. The lowest BCUT2D eigenvalue weighted by atomic mass is 9.91. The number of likely N-dealkylation sites (tertiary alicyclic amines) is 1. The first-order valence-electron chi connectivity index (χ1n) is 7.29. The van der Waals surface area contributed by atoms with Crippen LogP contribution in [0.1, 0.15) is 39.9 Å². The number of aliphatic carboxylic acids is 1. The number of carboxylic acid groups (broad SMARTS) is 1. The minimum Gasteiger partial charge on any atom is -0.481 e. The lowest BCUT2D eigenvalue weighted by Crippen LogP contribution is -2.45. The summed E-state index contributed by atoms with van der Waals surface area (Å²) in [6.07, 6.45) is 2.18. The van der Waals surface area contributed by atoms with Gasteiger partial charge in [0.25, 0.3) is 5.91 Å². The summed E-state index contributed by atoms with van der Waals surface area (Å²) in [4.78, 5) is 27.8. The van der Waals surface area contributed by atoms with Crippen molar-refractivity contribution in [3.05, 3.63) is 21.4 Å². The zero-order valence-electron chi connectivity index (χ0n) is 12.0. The maximum Gasteiger partial charge on any atom is 0.306 e. The molecule has 1 saturated heterocycles. The largest absolute Gasteiger partial charge is 0.481 e. The summed E-state index contributed by atoms with van der Waals surface area (Å²) in [5.74, 6) is 1.18. The van der Waals surface area contributed by atoms with Gasteiger partial charge >= 0.3 is 5.97 Å². The average Bonchev–Trinajstić information content (AvgIpc) is 2.90. The molecule has 0 spiro atoms. The number of aryl methyl sites for hydroxylation is 1. The van der Waals surface area contributed by atoms with Gasteiger partial charge in [0.05, 0.1) is 10.8 Å². The highest BCUT2D eigenvalue weighted by molar-refractivity contribution is 7.98. The van der Waals surface area contributed by atoms with Gasteiger partial charge in [-0.15, -0.1) is 11.3 Å². The predicted octanol–water partition coefficient (Wildman–Crippen LogP) is 2.86. The standard InChI is InChI=1S/C15H19NO3S2/c1-9-6-10(15(18)19)2-4-16(9)14(17)13-7-11-8-20-5-3-12(11)21-13/h7,9-10H,2-6,8H2,1H3,(H,18,19). The molecule has 4 nitrogen and oxygen atoms in total. The highest BCUT2D eigenvalue weighted by atomic mass is 32.2. The monoisotopic (exact) mass is 325 g/mol. The van der Waals surface area contributed by atoms with Gasteiger partial charge in [-0.25, -0.2) is 0 Å². The molecule has 1 amide bonds. The summed E-state index contributed by atoms with van der Waals surface area (Å²) in [5, 5.41) is 9.10. The van der Waals surface area contributed by atoms with Gasteiger partial charge in [-0.2, -0.15) is 11.8 Å². The number of piperidine rings is 1. The van der Waals surface area contributed by atoms with Gasteiger partial charge in [0.1, 0.15) is 0 Å². The molecular formula is C15H19NO3S2. The van der Waals surface area contributed by atoms with Crippen molar-refractivity contribution in [1.29, 1.82) is 0 Å². The highest BCUT2D eigenvalue weighted by Gasteiger charge is 2.33. The van der Waals surface area contributed by atoms with Gasteiger partial charge in [0, 0.05) is 23.2 Å². The number of hydrogen-bond donors (Lipinski definition) is 1. The van der Waals surface area contributed by atoms with Crippen molar-refractivity contribution in [2.24, 2.45) is 5.92 Å². The fourth-order valence-corrected chi connectivity index (χ4v) is 5.42. The second-order valence-electron chi connectivity index (χ2n) is 5.77. The van der Waals surface area contributed by atoms with E-state index in [-0.39, 0.29) is 17.9 Å². The Morgan fingerprint density at radius 3 is 2.90 bits per heavy atom. The molecule has 0 aromatic carbocycles. The van der Waals surface area contributed by atoms with E-state index in [1.807, 2.05) is 29.7 Å². The molecule has 6 heteroatoms. The molecule has 21 heavy (non-hydrogen) atoms. The zero-order chi connectivity index (χ0) is 15.0. The van der Waals surface area contributed by atoms with E-state index in [2.05, 4.69) is 0 Å². The van der Waals surface area contributed by atoms with Gasteiger partial charge in [-0.05, 0) is 43.6 Å². The maximum absolute atomic E-state index is 12.7. The number of amides is 1. The van der Waals surface area contributed by atoms with E-state index in [0.717, 1.165) is 22.8 Å². The second-order valence-corrected chi connectivity index (χ2v) is 8.01. The summed E-state index contributed by atoms with van der Waals surface area (Å²) in [5.41, 5.74) is 1.31. The summed E-state index contributed by atoms with van der Waals surface area (Å²) in [7, 11) is 0. The van der Waals surface area contributed by atoms with E-state index in [4.69, 9.17) is 5.11 Å². The molecule has 0 radical (unpaired) electrons. The van der Waals surface area contributed by atoms with E-state index in [0.29, 0.717) is 19.4 Å². The van der Waals surface area contributed by atoms with E-state index in [9.17, 15) is 9.59 Å². The minimum atomic E-state index is -0.738. The molecule has 2 aliphatic heterocycles. The van der Waals surface area contributed by atoms with Crippen molar-refractivity contribution in [2.45, 2.75) is 38.0 Å². The number of hydrogen-bond acceptors (Lipinski definition) is 4. The van der Waals surface area contributed by atoms with Crippen molar-refractivity contribution in [1.82, 2.24) is 4.90 Å². The zero-order valence-corrected chi connectivity index (χ0v) is 13.6. The van der Waals surface area contributed by atoms with Crippen LogP contribution >= 0.6 is 23.1 Å². The van der Waals surface area contributed by atoms with Crippen LogP contribution < -0.4 is 0 Å². The van der Waals surface area contributed by atoms with Gasteiger partial charge in [0.2, 0.25) is 0 Å². The molecule has 2 unspecified atom stereocenters. The molecule has 0 saturated carbocycles. The van der Waals surface area contributed by atoms with Gasteiger partial charge in [-0.1, -0.05) is 0 Å². The molecule has 0 aliphatic carbocycles. The molecule has 1 N–H and O–H groups in total. The van der Waals surface area contributed by atoms with Crippen LogP contribution in [-0.4, -0.2) is 40.2 Å². The Morgan fingerprint density at radius 2 is 2.24 bits per heavy atom. The van der Waals surface area contributed by atoms with Crippen LogP contribution in [0.15, 0.2) is 6.07 Å². The maximum atomic E-state index is 12.7. The fourth-order valence-electron chi connectivity index (χ4n) is 3.09. The number of carbonyl (C=O) groups is 2. The number of rotatable bonds is 2. The van der Waals surface area contributed by atoms with Crippen molar-refractivity contribution in [2.75, 3.05) is 12.3 Å². The van der Waals surface area contributed by atoms with E-state index < -0.39 is 5.97 Å². The number of carboxylic acids is 1. The molecule has 2 aliphatic rings. The van der Waals surface area contributed by atoms with Crippen LogP contribution in [0.4, 0.5) is 0 Å². The number of thiophene rings is 1. The molecule has 2 atom stereocenters. The third-order valence-electron chi connectivity index (χ3n) is 4.32. The first-order chi connectivity index (χ1) is 10.1. The van der Waals surface area contributed by atoms with Crippen LogP contribution in [0, 0.1) is 5.92 Å². The number of carbonyl (C=O) groups excluding carboxylic acids is 1. The molecule has 1 fully saturated rings. The summed E-state index contributed by atoms with van der Waals surface area (Å²) >= 11 is 3.54. The third kappa shape index (κ3) is 2.97. The quantitative estimate of drug-likeness (QED) is 0.908. The molecule has 1 aromatic rings. The Labute approximate surface area is 132 Å². The molecule has 1 aromatic heterocycles. The van der Waals surface area contributed by atoms with Gasteiger partial charge < -0.3 is 10.0 Å². The summed E-state index contributed by atoms with van der Waals surface area (Å²) < 4.78 is 0. The Hall–Kier alpha value is -1.01. The van der Waals surface area contributed by atoms with Crippen LogP contribution in [0.2, 0.25) is 0 Å². The van der Waals surface area contributed by atoms with Crippen molar-refractivity contribution < 1.29 is 14.7 Å². The molecule has 3 rings (SSSR count). The van der Waals surface area contributed by atoms with E-state index in [1.165, 1.54) is 10.4 Å². The third-order valence-corrected chi connectivity index (χ3v) is 6.56. The van der Waals surface area contributed by atoms with Gasteiger partial charge in [-0.3, -0.25) is 9.59 Å². The minimum absolute atomic E-state index is 0.000790. The van der Waals surface area contributed by atoms with Crippen LogP contribution in [0.5, 0.6) is 0 Å². The lowest BCUT2D eigenvalue weighted by molar-refractivity contribution is -0.143. The number of thioether (sulfide) groups is 1. The molecule has 114 valence electrons. The Kier molecular flexibility index (Phi) is 4.26. The summed E-state index contributed by atoms with van der Waals surface area (Å²) in [6.45, 7) is 2.50. The lowest BCUT2D eigenvalue weighted by Gasteiger charge is -2.36.